The Kier molecular flexibility index (Phi) is 4.13. The van der Waals surface area contributed by atoms with Gasteiger partial charge in [-0.3, -0.25) is 10.1 Å². The summed E-state index contributed by atoms with van der Waals surface area (Å²) in [6, 6.07) is 7.64. The zero-order valence-corrected chi connectivity index (χ0v) is 11.2. The normalized spacial score (nSPS) is 10.1. The molecule has 0 spiro atoms. The first kappa shape index (κ1) is 14.4. The molecule has 1 aromatic heterocycles. The lowest BCUT2D eigenvalue weighted by molar-refractivity contribution is -0.385. The monoisotopic (exact) mass is 287 g/mol. The van der Waals surface area contributed by atoms with Crippen LogP contribution in [0.15, 0.2) is 36.5 Å². The van der Waals surface area contributed by atoms with Crippen molar-refractivity contribution in [1.82, 2.24) is 4.98 Å². The minimum Gasteiger partial charge on any atom is -0.478 e. The Morgan fingerprint density at radius 1 is 1.43 bits per heavy atom. The second-order valence-electron chi connectivity index (χ2n) is 4.41. The van der Waals surface area contributed by atoms with Crippen molar-refractivity contribution in [2.75, 3.05) is 5.32 Å². The number of benzene rings is 1. The number of hydrogen-bond donors (Lipinski definition) is 2. The SMILES string of the molecule is Cc1c(CNc2cc(C(=O)O)ccn2)cccc1[N+](=O)[O-]. The summed E-state index contributed by atoms with van der Waals surface area (Å²) in [7, 11) is 0. The molecule has 0 aliphatic heterocycles. The molecule has 0 radical (unpaired) electrons. The lowest BCUT2D eigenvalue weighted by Crippen LogP contribution is -2.06. The molecule has 2 aromatic rings. The van der Waals surface area contributed by atoms with Gasteiger partial charge in [0, 0.05) is 24.4 Å². The third kappa shape index (κ3) is 3.33. The number of aromatic nitrogens is 1. The van der Waals surface area contributed by atoms with Gasteiger partial charge in [0.05, 0.1) is 10.5 Å². The number of rotatable bonds is 5. The van der Waals surface area contributed by atoms with Gasteiger partial charge in [-0.25, -0.2) is 9.78 Å². The molecule has 1 heterocycles. The molecule has 1 aromatic carbocycles. The van der Waals surface area contributed by atoms with Crippen molar-refractivity contribution in [2.24, 2.45) is 0 Å². The van der Waals surface area contributed by atoms with Gasteiger partial charge in [-0.15, -0.1) is 0 Å². The molecule has 21 heavy (non-hydrogen) atoms. The Balaban J connectivity index is 2.17. The Hall–Kier alpha value is -2.96. The van der Waals surface area contributed by atoms with Gasteiger partial charge in [0.15, 0.2) is 0 Å². The zero-order chi connectivity index (χ0) is 15.4. The number of hydrogen-bond acceptors (Lipinski definition) is 5. The number of pyridine rings is 1. The van der Waals surface area contributed by atoms with Gasteiger partial charge in [-0.2, -0.15) is 0 Å². The predicted octanol–water partition coefficient (Wildman–Crippen LogP) is 2.61. The van der Waals surface area contributed by atoms with Crippen molar-refractivity contribution < 1.29 is 14.8 Å². The van der Waals surface area contributed by atoms with Gasteiger partial charge in [-0.1, -0.05) is 12.1 Å². The summed E-state index contributed by atoms with van der Waals surface area (Å²) in [5.41, 5.74) is 1.51. The summed E-state index contributed by atoms with van der Waals surface area (Å²) in [6.45, 7) is 2.00. The highest BCUT2D eigenvalue weighted by Gasteiger charge is 2.13. The second kappa shape index (κ2) is 6.00. The minimum atomic E-state index is -1.04. The molecule has 0 unspecified atom stereocenters. The Labute approximate surface area is 120 Å². The van der Waals surface area contributed by atoms with Crippen molar-refractivity contribution in [3.8, 4) is 0 Å². The molecular formula is C14H13N3O4. The Bertz CT molecular complexity index is 700. The number of carbonyl (C=O) groups is 1. The van der Waals surface area contributed by atoms with E-state index in [4.69, 9.17) is 5.11 Å². The van der Waals surface area contributed by atoms with Crippen LogP contribution in [0.2, 0.25) is 0 Å². The summed E-state index contributed by atoms with van der Waals surface area (Å²) in [4.78, 5) is 25.3. The van der Waals surface area contributed by atoms with Crippen molar-refractivity contribution in [3.05, 3.63) is 63.3 Å². The van der Waals surface area contributed by atoms with Crippen LogP contribution in [0.5, 0.6) is 0 Å². The van der Waals surface area contributed by atoms with Crippen LogP contribution < -0.4 is 5.32 Å². The summed E-state index contributed by atoms with van der Waals surface area (Å²) in [5, 5.41) is 22.7. The van der Waals surface area contributed by atoms with E-state index in [9.17, 15) is 14.9 Å². The van der Waals surface area contributed by atoms with Gasteiger partial charge in [-0.05, 0) is 24.6 Å². The third-order valence-corrected chi connectivity index (χ3v) is 3.08. The van der Waals surface area contributed by atoms with E-state index in [2.05, 4.69) is 10.3 Å². The maximum atomic E-state index is 10.9. The maximum Gasteiger partial charge on any atom is 0.335 e. The highest BCUT2D eigenvalue weighted by Crippen LogP contribution is 2.21. The van der Waals surface area contributed by atoms with E-state index in [-0.39, 0.29) is 11.3 Å². The molecule has 0 aliphatic rings. The Morgan fingerprint density at radius 2 is 2.19 bits per heavy atom. The van der Waals surface area contributed by atoms with Crippen LogP contribution in [0.3, 0.4) is 0 Å². The average Bonchev–Trinajstić information content (AvgIpc) is 2.46. The number of nitrogens with one attached hydrogen (secondary N) is 1. The quantitative estimate of drug-likeness (QED) is 0.646. The van der Waals surface area contributed by atoms with Gasteiger partial charge in [0.25, 0.3) is 5.69 Å². The predicted molar refractivity (Wildman–Crippen MR) is 76.4 cm³/mol. The van der Waals surface area contributed by atoms with E-state index in [1.165, 1.54) is 24.4 Å². The van der Waals surface area contributed by atoms with Crippen molar-refractivity contribution in [3.63, 3.8) is 0 Å². The molecule has 2 N–H and O–H groups in total. The number of carboxylic acids is 1. The zero-order valence-electron chi connectivity index (χ0n) is 11.2. The topological polar surface area (TPSA) is 105 Å². The summed E-state index contributed by atoms with van der Waals surface area (Å²) in [5.74, 6) is -0.632. The molecular weight excluding hydrogens is 274 g/mol. The maximum absolute atomic E-state index is 10.9. The van der Waals surface area contributed by atoms with E-state index in [1.807, 2.05) is 0 Å². The van der Waals surface area contributed by atoms with Crippen LogP contribution in [0.4, 0.5) is 11.5 Å². The summed E-state index contributed by atoms with van der Waals surface area (Å²) < 4.78 is 0. The third-order valence-electron chi connectivity index (χ3n) is 3.08. The minimum absolute atomic E-state index is 0.0570. The molecule has 0 atom stereocenters. The van der Waals surface area contributed by atoms with E-state index < -0.39 is 10.9 Å². The van der Waals surface area contributed by atoms with Crippen molar-refractivity contribution in [2.45, 2.75) is 13.5 Å². The molecule has 0 saturated carbocycles. The number of carboxylic acid groups (broad SMARTS) is 1. The van der Waals surface area contributed by atoms with Crippen molar-refractivity contribution in [1.29, 1.82) is 0 Å². The largest absolute Gasteiger partial charge is 0.478 e. The lowest BCUT2D eigenvalue weighted by Gasteiger charge is -2.09. The first-order valence-corrected chi connectivity index (χ1v) is 6.15. The van der Waals surface area contributed by atoms with E-state index >= 15 is 0 Å². The van der Waals surface area contributed by atoms with Gasteiger partial charge in [0.2, 0.25) is 0 Å². The van der Waals surface area contributed by atoms with Crippen LogP contribution in [0.1, 0.15) is 21.5 Å². The van der Waals surface area contributed by atoms with Gasteiger partial charge < -0.3 is 10.4 Å². The molecule has 0 bridgehead atoms. The highest BCUT2D eigenvalue weighted by molar-refractivity contribution is 5.88. The summed E-state index contributed by atoms with van der Waals surface area (Å²) in [6.07, 6.45) is 1.39. The van der Waals surface area contributed by atoms with E-state index in [0.717, 1.165) is 5.56 Å². The highest BCUT2D eigenvalue weighted by atomic mass is 16.6. The molecule has 0 fully saturated rings. The molecule has 108 valence electrons. The van der Waals surface area contributed by atoms with Gasteiger partial charge >= 0.3 is 5.97 Å². The molecule has 7 heteroatoms. The fourth-order valence-electron chi connectivity index (χ4n) is 1.91. The van der Waals surface area contributed by atoms with Gasteiger partial charge in [0.1, 0.15) is 5.82 Å². The Morgan fingerprint density at radius 3 is 2.86 bits per heavy atom. The smallest absolute Gasteiger partial charge is 0.335 e. The van der Waals surface area contributed by atoms with Crippen LogP contribution >= 0.6 is 0 Å². The standard InChI is InChI=1S/C14H13N3O4/c1-9-11(3-2-4-12(9)17(20)21)8-16-13-7-10(14(18)19)5-6-15-13/h2-7H,8H2,1H3,(H,15,16)(H,18,19). The number of anilines is 1. The number of aromatic carboxylic acids is 1. The lowest BCUT2D eigenvalue weighted by atomic mass is 10.1. The molecule has 0 amide bonds. The first-order chi connectivity index (χ1) is 9.99. The fourth-order valence-corrected chi connectivity index (χ4v) is 1.91. The number of nitrogens with zero attached hydrogens (tertiary/aromatic N) is 2. The molecule has 7 nitrogen and oxygen atoms in total. The van der Waals surface area contributed by atoms with E-state index in [1.54, 1.807) is 19.1 Å². The summed E-state index contributed by atoms with van der Waals surface area (Å²) >= 11 is 0. The average molecular weight is 287 g/mol. The number of nitro benzene ring substituents is 1. The van der Waals surface area contributed by atoms with Crippen LogP contribution in [0.25, 0.3) is 0 Å². The van der Waals surface area contributed by atoms with Crippen molar-refractivity contribution >= 4 is 17.5 Å². The molecule has 0 saturated heterocycles. The molecule has 2 rings (SSSR count). The second-order valence-corrected chi connectivity index (χ2v) is 4.41. The number of nitro groups is 1. The van der Waals surface area contributed by atoms with Crippen LogP contribution in [-0.4, -0.2) is 21.0 Å². The fraction of sp³-hybridized carbons (Fsp3) is 0.143. The van der Waals surface area contributed by atoms with Crippen LogP contribution in [-0.2, 0) is 6.54 Å². The van der Waals surface area contributed by atoms with E-state index in [0.29, 0.717) is 17.9 Å². The van der Waals surface area contributed by atoms with Crippen LogP contribution in [0, 0.1) is 17.0 Å². The molecule has 0 aliphatic carbocycles. The first-order valence-electron chi connectivity index (χ1n) is 6.15.